The SMILES string of the molecule is Cc1ccc(C(C)C)cc1OP(=S)(Oc1cc(C(C)C)ccc1C)c1ccccc1. The minimum Gasteiger partial charge on any atom is -0.432 e. The lowest BCUT2D eigenvalue weighted by Crippen LogP contribution is -2.15. The van der Waals surface area contributed by atoms with E-state index in [0.717, 1.165) is 27.9 Å². The van der Waals surface area contributed by atoms with Crippen LogP contribution < -0.4 is 14.4 Å². The largest absolute Gasteiger partial charge is 0.432 e. The van der Waals surface area contributed by atoms with Crippen LogP contribution in [0.15, 0.2) is 66.7 Å². The van der Waals surface area contributed by atoms with Gasteiger partial charge in [-0.15, -0.1) is 0 Å². The van der Waals surface area contributed by atoms with E-state index in [1.54, 1.807) is 0 Å². The third kappa shape index (κ3) is 5.14. The fourth-order valence-corrected chi connectivity index (χ4v) is 5.69. The van der Waals surface area contributed by atoms with E-state index >= 15 is 0 Å². The van der Waals surface area contributed by atoms with Crippen LogP contribution in [0.1, 0.15) is 61.8 Å². The molecule has 0 N–H and O–H groups in total. The normalized spacial score (nSPS) is 11.7. The molecule has 0 spiro atoms. The maximum absolute atomic E-state index is 6.57. The summed E-state index contributed by atoms with van der Waals surface area (Å²) in [5, 5.41) is 0.906. The summed E-state index contributed by atoms with van der Waals surface area (Å²) < 4.78 is 13.1. The van der Waals surface area contributed by atoms with Gasteiger partial charge in [0, 0.05) is 0 Å². The van der Waals surface area contributed by atoms with E-state index in [0.29, 0.717) is 11.8 Å². The zero-order valence-electron chi connectivity index (χ0n) is 18.7. The maximum Gasteiger partial charge on any atom is 0.319 e. The molecular formula is C26H31O2PS. The topological polar surface area (TPSA) is 18.5 Å². The van der Waals surface area contributed by atoms with Crippen molar-refractivity contribution in [3.05, 3.63) is 89.0 Å². The molecular weight excluding hydrogens is 407 g/mol. The van der Waals surface area contributed by atoms with Crippen LogP contribution in [-0.2, 0) is 11.8 Å². The second-order valence-corrected chi connectivity index (χ2v) is 11.7. The highest BCUT2D eigenvalue weighted by Crippen LogP contribution is 2.50. The third-order valence-electron chi connectivity index (χ3n) is 5.27. The molecule has 0 aliphatic carbocycles. The first-order chi connectivity index (χ1) is 14.2. The van der Waals surface area contributed by atoms with Gasteiger partial charge in [0.1, 0.15) is 11.5 Å². The molecule has 0 aliphatic heterocycles. The van der Waals surface area contributed by atoms with Crippen LogP contribution in [0.3, 0.4) is 0 Å². The molecule has 0 bridgehead atoms. The highest BCUT2D eigenvalue weighted by Gasteiger charge is 2.27. The Kier molecular flexibility index (Phi) is 7.06. The molecule has 0 saturated heterocycles. The van der Waals surface area contributed by atoms with Gasteiger partial charge in [-0.3, -0.25) is 0 Å². The number of aryl methyl sites for hydroxylation is 2. The zero-order chi connectivity index (χ0) is 21.9. The zero-order valence-corrected chi connectivity index (χ0v) is 20.4. The summed E-state index contributed by atoms with van der Waals surface area (Å²) in [6, 6.07) is 22.7. The van der Waals surface area contributed by atoms with Crippen molar-refractivity contribution in [3.63, 3.8) is 0 Å². The van der Waals surface area contributed by atoms with Gasteiger partial charge in [-0.2, -0.15) is 0 Å². The fraction of sp³-hybridized carbons (Fsp3) is 0.308. The van der Waals surface area contributed by atoms with E-state index in [2.05, 4.69) is 77.9 Å². The van der Waals surface area contributed by atoms with Gasteiger partial charge in [0.15, 0.2) is 0 Å². The quantitative estimate of drug-likeness (QED) is 0.353. The van der Waals surface area contributed by atoms with Gasteiger partial charge in [-0.1, -0.05) is 70.2 Å². The molecule has 4 heteroatoms. The first kappa shape index (κ1) is 22.6. The second-order valence-electron chi connectivity index (χ2n) is 8.37. The fourth-order valence-electron chi connectivity index (χ4n) is 3.14. The van der Waals surface area contributed by atoms with E-state index < -0.39 is 6.49 Å². The maximum atomic E-state index is 6.57. The summed E-state index contributed by atoms with van der Waals surface area (Å²) in [5.74, 6) is 2.42. The van der Waals surface area contributed by atoms with Gasteiger partial charge in [0.25, 0.3) is 0 Å². The molecule has 0 atom stereocenters. The van der Waals surface area contributed by atoms with Crippen LogP contribution in [0.4, 0.5) is 0 Å². The molecule has 30 heavy (non-hydrogen) atoms. The van der Waals surface area contributed by atoms with Crippen LogP contribution >= 0.6 is 6.49 Å². The van der Waals surface area contributed by atoms with Crippen LogP contribution in [0.5, 0.6) is 11.5 Å². The minimum atomic E-state index is -2.84. The summed E-state index contributed by atoms with van der Waals surface area (Å²) in [4.78, 5) is 0. The third-order valence-corrected chi connectivity index (χ3v) is 8.15. The lowest BCUT2D eigenvalue weighted by Gasteiger charge is -2.26. The highest BCUT2D eigenvalue weighted by atomic mass is 32.5. The molecule has 2 nitrogen and oxygen atoms in total. The first-order valence-electron chi connectivity index (χ1n) is 10.5. The van der Waals surface area contributed by atoms with E-state index in [1.165, 1.54) is 11.1 Å². The Hall–Kier alpha value is -2.09. The van der Waals surface area contributed by atoms with Gasteiger partial charge in [0.2, 0.25) is 0 Å². The van der Waals surface area contributed by atoms with E-state index in [1.807, 2.05) is 30.3 Å². The molecule has 0 aliphatic rings. The van der Waals surface area contributed by atoms with Gasteiger partial charge in [-0.25, -0.2) is 0 Å². The van der Waals surface area contributed by atoms with Crippen molar-refractivity contribution in [2.45, 2.75) is 53.4 Å². The molecule has 0 aromatic heterocycles. The lowest BCUT2D eigenvalue weighted by atomic mass is 10.0. The predicted octanol–water partition coefficient (Wildman–Crippen LogP) is 7.64. The van der Waals surface area contributed by atoms with Gasteiger partial charge >= 0.3 is 6.49 Å². The lowest BCUT2D eigenvalue weighted by molar-refractivity contribution is 0.493. The number of benzene rings is 3. The standard InChI is InChI=1S/C26H31O2PS/c1-18(2)22-14-12-20(5)25(16-22)27-29(30,24-10-8-7-9-11-24)28-26-17-23(19(3)4)15-13-21(26)6/h7-19H,1-6H3. The van der Waals surface area contributed by atoms with Crippen molar-refractivity contribution >= 4 is 23.6 Å². The Morgan fingerprint density at radius 3 is 1.50 bits per heavy atom. The van der Waals surface area contributed by atoms with Gasteiger partial charge in [-0.05, 0) is 84.0 Å². The molecule has 0 unspecified atom stereocenters. The number of hydrogen-bond acceptors (Lipinski definition) is 3. The predicted molar refractivity (Wildman–Crippen MR) is 132 cm³/mol. The summed E-state index contributed by atoms with van der Waals surface area (Å²) in [6.45, 7) is 9.98. The van der Waals surface area contributed by atoms with Crippen molar-refractivity contribution in [1.29, 1.82) is 0 Å². The Balaban J connectivity index is 2.07. The van der Waals surface area contributed by atoms with Crippen LogP contribution in [0, 0.1) is 13.8 Å². The van der Waals surface area contributed by atoms with E-state index in [-0.39, 0.29) is 0 Å². The van der Waals surface area contributed by atoms with Gasteiger partial charge in [0.05, 0.1) is 5.30 Å². The number of rotatable bonds is 7. The Bertz CT molecular complexity index is 994. The smallest absolute Gasteiger partial charge is 0.319 e. The average Bonchev–Trinajstić information content (AvgIpc) is 2.71. The Morgan fingerprint density at radius 1 is 0.667 bits per heavy atom. The van der Waals surface area contributed by atoms with Crippen molar-refractivity contribution < 1.29 is 9.05 Å². The van der Waals surface area contributed by atoms with Crippen LogP contribution in [-0.4, -0.2) is 0 Å². The average molecular weight is 439 g/mol. The van der Waals surface area contributed by atoms with Crippen LogP contribution in [0.2, 0.25) is 0 Å². The number of hydrogen-bond donors (Lipinski definition) is 0. The summed E-state index contributed by atoms with van der Waals surface area (Å²) in [7, 11) is 0. The van der Waals surface area contributed by atoms with E-state index in [4.69, 9.17) is 20.9 Å². The highest BCUT2D eigenvalue weighted by molar-refractivity contribution is 8.13. The molecule has 3 rings (SSSR count). The van der Waals surface area contributed by atoms with Crippen molar-refractivity contribution in [2.24, 2.45) is 0 Å². The van der Waals surface area contributed by atoms with Crippen LogP contribution in [0.25, 0.3) is 0 Å². The molecule has 0 radical (unpaired) electrons. The molecule has 0 heterocycles. The van der Waals surface area contributed by atoms with Crippen molar-refractivity contribution in [1.82, 2.24) is 0 Å². The monoisotopic (exact) mass is 438 g/mol. The van der Waals surface area contributed by atoms with Gasteiger partial charge < -0.3 is 9.05 Å². The van der Waals surface area contributed by atoms with E-state index in [9.17, 15) is 0 Å². The molecule has 0 fully saturated rings. The summed E-state index contributed by atoms with van der Waals surface area (Å²) in [5.41, 5.74) is 4.56. The molecule has 0 amide bonds. The first-order valence-corrected chi connectivity index (χ1v) is 13.1. The second kappa shape index (κ2) is 9.37. The van der Waals surface area contributed by atoms with Crippen molar-refractivity contribution in [2.75, 3.05) is 0 Å². The molecule has 158 valence electrons. The Morgan fingerprint density at radius 2 is 1.10 bits per heavy atom. The Labute approximate surface area is 186 Å². The molecule has 3 aromatic rings. The summed E-state index contributed by atoms with van der Waals surface area (Å²) in [6.07, 6.45) is 0. The molecule has 0 saturated carbocycles. The molecule has 3 aromatic carbocycles. The summed E-state index contributed by atoms with van der Waals surface area (Å²) >= 11 is 6.14. The minimum absolute atomic E-state index is 0.411. The van der Waals surface area contributed by atoms with Crippen molar-refractivity contribution in [3.8, 4) is 11.5 Å².